The molecule has 2 nitrogen and oxygen atoms in total. The SMILES string of the molecule is CC(CC(=O)O)c1ccc(Cl)cc1F. The monoisotopic (exact) mass is 216 g/mol. The first-order valence-corrected chi connectivity index (χ1v) is 4.55. The van der Waals surface area contributed by atoms with E-state index >= 15 is 0 Å². The lowest BCUT2D eigenvalue weighted by Crippen LogP contribution is -2.04. The maximum atomic E-state index is 13.3. The molecular formula is C10H10ClFO2. The zero-order valence-electron chi connectivity index (χ0n) is 7.63. The Morgan fingerprint density at radius 3 is 2.79 bits per heavy atom. The minimum Gasteiger partial charge on any atom is -0.481 e. The summed E-state index contributed by atoms with van der Waals surface area (Å²) in [5.41, 5.74) is 0.386. The fourth-order valence-electron chi connectivity index (χ4n) is 1.27. The fourth-order valence-corrected chi connectivity index (χ4v) is 1.43. The van der Waals surface area contributed by atoms with Crippen LogP contribution >= 0.6 is 11.6 Å². The van der Waals surface area contributed by atoms with Crippen molar-refractivity contribution >= 4 is 17.6 Å². The third-order valence-electron chi connectivity index (χ3n) is 1.97. The van der Waals surface area contributed by atoms with Crippen molar-refractivity contribution in [1.29, 1.82) is 0 Å². The van der Waals surface area contributed by atoms with E-state index in [-0.39, 0.29) is 12.3 Å². The molecule has 1 aromatic carbocycles. The number of benzene rings is 1. The van der Waals surface area contributed by atoms with Gasteiger partial charge in [0.2, 0.25) is 0 Å². The zero-order chi connectivity index (χ0) is 10.7. The van der Waals surface area contributed by atoms with Gasteiger partial charge in [-0.15, -0.1) is 0 Å². The van der Waals surface area contributed by atoms with Gasteiger partial charge in [-0.1, -0.05) is 24.6 Å². The molecule has 0 spiro atoms. The molecule has 0 fully saturated rings. The standard InChI is InChI=1S/C10H10ClFO2/c1-6(4-10(13)14)8-3-2-7(11)5-9(8)12/h2-3,5-6H,4H2,1H3,(H,13,14). The molecule has 1 unspecified atom stereocenters. The van der Waals surface area contributed by atoms with Crippen LogP contribution in [-0.2, 0) is 4.79 Å². The molecule has 0 aromatic heterocycles. The van der Waals surface area contributed by atoms with Crippen molar-refractivity contribution in [3.63, 3.8) is 0 Å². The van der Waals surface area contributed by atoms with E-state index in [2.05, 4.69) is 0 Å². The van der Waals surface area contributed by atoms with E-state index in [9.17, 15) is 9.18 Å². The third kappa shape index (κ3) is 2.70. The number of halogens is 2. The van der Waals surface area contributed by atoms with E-state index < -0.39 is 11.8 Å². The lowest BCUT2D eigenvalue weighted by molar-refractivity contribution is -0.137. The Morgan fingerprint density at radius 1 is 1.64 bits per heavy atom. The molecule has 0 aliphatic heterocycles. The molecule has 14 heavy (non-hydrogen) atoms. The van der Waals surface area contributed by atoms with E-state index in [1.165, 1.54) is 12.1 Å². The van der Waals surface area contributed by atoms with Crippen LogP contribution in [0, 0.1) is 5.82 Å². The molecule has 1 aromatic rings. The molecule has 1 N–H and O–H groups in total. The van der Waals surface area contributed by atoms with Gasteiger partial charge in [-0.25, -0.2) is 4.39 Å². The number of aliphatic carboxylic acids is 1. The van der Waals surface area contributed by atoms with Crippen LogP contribution in [0.1, 0.15) is 24.8 Å². The lowest BCUT2D eigenvalue weighted by Gasteiger charge is -2.10. The van der Waals surface area contributed by atoms with Gasteiger partial charge in [0.1, 0.15) is 5.82 Å². The lowest BCUT2D eigenvalue weighted by atomic mass is 9.97. The van der Waals surface area contributed by atoms with Crippen LogP contribution in [-0.4, -0.2) is 11.1 Å². The van der Waals surface area contributed by atoms with Crippen molar-refractivity contribution in [2.45, 2.75) is 19.3 Å². The number of hydrogen-bond acceptors (Lipinski definition) is 1. The largest absolute Gasteiger partial charge is 0.481 e. The fraction of sp³-hybridized carbons (Fsp3) is 0.300. The summed E-state index contributed by atoms with van der Waals surface area (Å²) in [6.07, 6.45) is -0.0848. The van der Waals surface area contributed by atoms with Gasteiger partial charge >= 0.3 is 5.97 Å². The van der Waals surface area contributed by atoms with Crippen molar-refractivity contribution < 1.29 is 14.3 Å². The van der Waals surface area contributed by atoms with E-state index in [1.807, 2.05) is 0 Å². The van der Waals surface area contributed by atoms with E-state index in [0.717, 1.165) is 0 Å². The van der Waals surface area contributed by atoms with Crippen LogP contribution in [0.2, 0.25) is 5.02 Å². The van der Waals surface area contributed by atoms with Gasteiger partial charge in [-0.05, 0) is 23.6 Å². The van der Waals surface area contributed by atoms with Crippen LogP contribution < -0.4 is 0 Å². The highest BCUT2D eigenvalue weighted by Gasteiger charge is 2.14. The van der Waals surface area contributed by atoms with E-state index in [4.69, 9.17) is 16.7 Å². The minimum absolute atomic E-state index is 0.0848. The van der Waals surface area contributed by atoms with Crippen LogP contribution in [0.5, 0.6) is 0 Å². The Hall–Kier alpha value is -1.09. The van der Waals surface area contributed by atoms with Crippen LogP contribution in [0.15, 0.2) is 18.2 Å². The van der Waals surface area contributed by atoms with Crippen LogP contribution in [0.25, 0.3) is 0 Å². The number of carboxylic acid groups (broad SMARTS) is 1. The molecule has 0 saturated heterocycles. The van der Waals surface area contributed by atoms with Crippen molar-refractivity contribution in [1.82, 2.24) is 0 Å². The van der Waals surface area contributed by atoms with Crippen molar-refractivity contribution in [2.24, 2.45) is 0 Å². The number of carbonyl (C=O) groups is 1. The summed E-state index contributed by atoms with van der Waals surface area (Å²) in [5.74, 6) is -1.73. The summed E-state index contributed by atoms with van der Waals surface area (Å²) in [4.78, 5) is 10.4. The summed E-state index contributed by atoms with van der Waals surface area (Å²) in [7, 11) is 0. The molecule has 0 saturated carbocycles. The van der Waals surface area contributed by atoms with Crippen molar-refractivity contribution in [2.75, 3.05) is 0 Å². The highest BCUT2D eigenvalue weighted by atomic mass is 35.5. The summed E-state index contributed by atoms with van der Waals surface area (Å²) in [5, 5.41) is 8.86. The smallest absolute Gasteiger partial charge is 0.303 e. The molecule has 1 rings (SSSR count). The second-order valence-electron chi connectivity index (χ2n) is 3.16. The Kier molecular flexibility index (Phi) is 3.47. The van der Waals surface area contributed by atoms with E-state index in [1.54, 1.807) is 13.0 Å². The molecule has 1 atom stereocenters. The van der Waals surface area contributed by atoms with Gasteiger partial charge in [0.25, 0.3) is 0 Å². The molecule has 0 aliphatic carbocycles. The quantitative estimate of drug-likeness (QED) is 0.843. The molecular weight excluding hydrogens is 207 g/mol. The Labute approximate surface area is 86.3 Å². The van der Waals surface area contributed by atoms with Crippen LogP contribution in [0.3, 0.4) is 0 Å². The minimum atomic E-state index is -0.938. The first-order valence-electron chi connectivity index (χ1n) is 4.17. The van der Waals surface area contributed by atoms with Crippen LogP contribution in [0.4, 0.5) is 4.39 Å². The summed E-state index contributed by atoms with van der Waals surface area (Å²) in [6, 6.07) is 4.26. The number of hydrogen-bond donors (Lipinski definition) is 1. The summed E-state index contributed by atoms with van der Waals surface area (Å²) < 4.78 is 13.3. The summed E-state index contributed by atoms with van der Waals surface area (Å²) in [6.45, 7) is 1.67. The van der Waals surface area contributed by atoms with Gasteiger partial charge in [0, 0.05) is 5.02 Å². The molecule has 4 heteroatoms. The van der Waals surface area contributed by atoms with Gasteiger partial charge in [-0.3, -0.25) is 4.79 Å². The first kappa shape index (κ1) is 11.0. The first-order chi connectivity index (χ1) is 6.50. The molecule has 0 heterocycles. The summed E-state index contributed by atoms with van der Waals surface area (Å²) >= 11 is 5.57. The molecule has 0 bridgehead atoms. The van der Waals surface area contributed by atoms with Crippen molar-refractivity contribution in [3.8, 4) is 0 Å². The second kappa shape index (κ2) is 4.42. The van der Waals surface area contributed by atoms with Gasteiger partial charge in [0.05, 0.1) is 6.42 Å². The number of rotatable bonds is 3. The molecule has 0 aliphatic rings. The molecule has 76 valence electrons. The average Bonchev–Trinajstić information content (AvgIpc) is 2.01. The Bertz CT molecular complexity index is 352. The Morgan fingerprint density at radius 2 is 2.29 bits per heavy atom. The average molecular weight is 217 g/mol. The van der Waals surface area contributed by atoms with Crippen molar-refractivity contribution in [3.05, 3.63) is 34.6 Å². The predicted molar refractivity (Wildman–Crippen MR) is 52.1 cm³/mol. The zero-order valence-corrected chi connectivity index (χ0v) is 8.38. The Balaban J connectivity index is 2.90. The van der Waals surface area contributed by atoms with E-state index in [0.29, 0.717) is 10.6 Å². The molecule has 0 amide bonds. The normalized spacial score (nSPS) is 12.5. The highest BCUT2D eigenvalue weighted by molar-refractivity contribution is 6.30. The third-order valence-corrected chi connectivity index (χ3v) is 2.21. The molecule has 0 radical (unpaired) electrons. The predicted octanol–water partition coefficient (Wildman–Crippen LogP) is 3.06. The second-order valence-corrected chi connectivity index (χ2v) is 3.60. The maximum Gasteiger partial charge on any atom is 0.303 e. The van der Waals surface area contributed by atoms with Gasteiger partial charge in [-0.2, -0.15) is 0 Å². The number of carboxylic acids is 1. The topological polar surface area (TPSA) is 37.3 Å². The van der Waals surface area contributed by atoms with Gasteiger partial charge in [0.15, 0.2) is 0 Å². The van der Waals surface area contributed by atoms with Gasteiger partial charge < -0.3 is 5.11 Å². The maximum absolute atomic E-state index is 13.3. The highest BCUT2D eigenvalue weighted by Crippen LogP contribution is 2.24.